The molecule has 1 aliphatic rings. The van der Waals surface area contributed by atoms with Crippen molar-refractivity contribution in [3.63, 3.8) is 0 Å². The highest BCUT2D eigenvalue weighted by molar-refractivity contribution is 9.11. The number of rotatable bonds is 2. The molecule has 7 heteroatoms. The van der Waals surface area contributed by atoms with Crippen LogP contribution in [0, 0.1) is 6.92 Å². The lowest BCUT2D eigenvalue weighted by molar-refractivity contribution is 0.293. The van der Waals surface area contributed by atoms with Crippen molar-refractivity contribution in [1.29, 1.82) is 0 Å². The van der Waals surface area contributed by atoms with Gasteiger partial charge in [-0.15, -0.1) is 11.3 Å². The second kappa shape index (κ2) is 5.72. The number of sulfonamides is 1. The first-order chi connectivity index (χ1) is 9.98. The molecule has 21 heavy (non-hydrogen) atoms. The molecule has 0 radical (unpaired) electrons. The molecule has 2 aromatic rings. The minimum absolute atomic E-state index is 0.339. The molecular formula is C14H14BrNO3S2. The number of aryl methyl sites for hydroxylation is 1. The highest BCUT2D eigenvalue weighted by Gasteiger charge is 2.29. The summed E-state index contributed by atoms with van der Waals surface area (Å²) in [4.78, 5) is 1.17. The van der Waals surface area contributed by atoms with Gasteiger partial charge in [-0.25, -0.2) is 8.42 Å². The third-order valence-electron chi connectivity index (χ3n) is 3.38. The van der Waals surface area contributed by atoms with Gasteiger partial charge < -0.3 is 4.74 Å². The van der Waals surface area contributed by atoms with Gasteiger partial charge in [-0.3, -0.25) is 0 Å². The topological polar surface area (TPSA) is 46.6 Å². The Morgan fingerprint density at radius 2 is 2.10 bits per heavy atom. The van der Waals surface area contributed by atoms with E-state index in [2.05, 4.69) is 15.9 Å². The van der Waals surface area contributed by atoms with Crippen molar-refractivity contribution in [2.75, 3.05) is 13.2 Å². The van der Waals surface area contributed by atoms with Crippen molar-refractivity contribution in [3.05, 3.63) is 44.6 Å². The van der Waals surface area contributed by atoms with E-state index < -0.39 is 10.0 Å². The van der Waals surface area contributed by atoms with E-state index in [4.69, 9.17) is 4.74 Å². The van der Waals surface area contributed by atoms with Gasteiger partial charge in [0.2, 0.25) is 10.0 Å². The zero-order chi connectivity index (χ0) is 15.0. The van der Waals surface area contributed by atoms with Crippen molar-refractivity contribution in [3.8, 4) is 5.75 Å². The Balaban J connectivity index is 1.98. The van der Waals surface area contributed by atoms with Crippen LogP contribution in [0.4, 0.5) is 0 Å². The van der Waals surface area contributed by atoms with Crippen molar-refractivity contribution in [2.45, 2.75) is 18.4 Å². The Hall–Kier alpha value is -0.890. The maximum atomic E-state index is 12.8. The number of hydrogen-bond donors (Lipinski definition) is 0. The summed E-state index contributed by atoms with van der Waals surface area (Å²) in [5, 5.41) is 0. The molecule has 0 aliphatic carbocycles. The van der Waals surface area contributed by atoms with Crippen LogP contribution in [-0.4, -0.2) is 25.9 Å². The molecular weight excluding hydrogens is 374 g/mol. The highest BCUT2D eigenvalue weighted by Crippen LogP contribution is 2.33. The van der Waals surface area contributed by atoms with E-state index in [-0.39, 0.29) is 0 Å². The monoisotopic (exact) mass is 387 g/mol. The first kappa shape index (κ1) is 15.0. The molecule has 3 rings (SSSR count). The minimum Gasteiger partial charge on any atom is -0.492 e. The fourth-order valence-corrected chi connectivity index (χ4v) is 6.12. The molecule has 0 N–H and O–H groups in total. The second-order valence-corrected chi connectivity index (χ2v) is 9.31. The molecule has 0 bridgehead atoms. The smallest absolute Gasteiger partial charge is 0.244 e. The molecule has 4 nitrogen and oxygen atoms in total. The van der Waals surface area contributed by atoms with Gasteiger partial charge in [-0.2, -0.15) is 4.31 Å². The van der Waals surface area contributed by atoms with Crippen LogP contribution in [0.3, 0.4) is 0 Å². The lowest BCUT2D eigenvalue weighted by Gasteiger charge is -2.19. The van der Waals surface area contributed by atoms with Gasteiger partial charge in [0.15, 0.2) is 0 Å². The third-order valence-corrected chi connectivity index (χ3v) is 7.03. The minimum atomic E-state index is -3.50. The van der Waals surface area contributed by atoms with Gasteiger partial charge in [-0.1, -0.05) is 18.2 Å². The molecule has 112 valence electrons. The standard InChI is InChI=1S/C14H14BrNO3S2/c1-10-13(8-14(15)20-10)21(17,18)16-6-7-19-12-5-3-2-4-11(12)9-16/h2-5,8H,6-7,9H2,1H3. The molecule has 0 unspecified atom stereocenters. The zero-order valence-corrected chi connectivity index (χ0v) is 14.6. The van der Waals surface area contributed by atoms with Crippen LogP contribution >= 0.6 is 27.3 Å². The summed E-state index contributed by atoms with van der Waals surface area (Å²) in [6, 6.07) is 9.23. The fourth-order valence-electron chi connectivity index (χ4n) is 2.33. The van der Waals surface area contributed by atoms with Crippen LogP contribution in [0.15, 0.2) is 39.0 Å². The Kier molecular flexibility index (Phi) is 4.09. The van der Waals surface area contributed by atoms with E-state index in [1.165, 1.54) is 15.6 Å². The zero-order valence-electron chi connectivity index (χ0n) is 11.4. The van der Waals surface area contributed by atoms with Crippen molar-refractivity contribution in [2.24, 2.45) is 0 Å². The van der Waals surface area contributed by atoms with Crippen LogP contribution in [0.1, 0.15) is 10.4 Å². The summed E-state index contributed by atoms with van der Waals surface area (Å²) >= 11 is 4.78. The Morgan fingerprint density at radius 3 is 2.81 bits per heavy atom. The van der Waals surface area contributed by atoms with E-state index >= 15 is 0 Å². The molecule has 0 amide bonds. The predicted octanol–water partition coefficient (Wildman–Crippen LogP) is 3.40. The number of halogens is 1. The first-order valence-electron chi connectivity index (χ1n) is 6.45. The average molecular weight is 388 g/mol. The first-order valence-corrected chi connectivity index (χ1v) is 9.50. The lowest BCUT2D eigenvalue weighted by atomic mass is 10.2. The molecule has 1 aromatic carbocycles. The summed E-state index contributed by atoms with van der Waals surface area (Å²) in [5.41, 5.74) is 0.894. The van der Waals surface area contributed by atoms with Crippen LogP contribution in [0.5, 0.6) is 5.75 Å². The molecule has 0 atom stereocenters. The van der Waals surface area contributed by atoms with Crippen molar-refractivity contribution >= 4 is 37.3 Å². The average Bonchev–Trinajstić information content (AvgIpc) is 2.67. The van der Waals surface area contributed by atoms with E-state index in [0.29, 0.717) is 24.6 Å². The molecule has 1 aliphatic heterocycles. The second-order valence-electron chi connectivity index (χ2n) is 4.77. The number of ether oxygens (including phenoxy) is 1. The quantitative estimate of drug-likeness (QED) is 0.792. The van der Waals surface area contributed by atoms with Crippen LogP contribution < -0.4 is 4.74 Å². The summed E-state index contributed by atoms with van der Waals surface area (Å²) in [6.07, 6.45) is 0. The molecule has 0 fully saturated rings. The molecule has 2 heterocycles. The number of fused-ring (bicyclic) bond motifs is 1. The summed E-state index contributed by atoms with van der Waals surface area (Å²) in [7, 11) is -3.50. The van der Waals surface area contributed by atoms with Crippen LogP contribution in [0.25, 0.3) is 0 Å². The number of hydrogen-bond acceptors (Lipinski definition) is 4. The van der Waals surface area contributed by atoms with Gasteiger partial charge in [0.05, 0.1) is 8.68 Å². The number of benzene rings is 1. The Morgan fingerprint density at radius 1 is 1.33 bits per heavy atom. The molecule has 0 saturated heterocycles. The van der Waals surface area contributed by atoms with Gasteiger partial charge in [0, 0.05) is 23.5 Å². The molecule has 0 saturated carbocycles. The summed E-state index contributed by atoms with van der Waals surface area (Å²) in [5.74, 6) is 0.762. The van der Waals surface area contributed by atoms with Gasteiger partial charge >= 0.3 is 0 Å². The predicted molar refractivity (Wildman–Crippen MR) is 86.3 cm³/mol. The summed E-state index contributed by atoms with van der Waals surface area (Å²) in [6.45, 7) is 2.88. The maximum absolute atomic E-state index is 12.8. The number of thiophene rings is 1. The Labute approximate surface area is 136 Å². The Bertz CT molecular complexity index is 770. The van der Waals surface area contributed by atoms with Gasteiger partial charge in [-0.05, 0) is 35.0 Å². The van der Waals surface area contributed by atoms with E-state index in [1.54, 1.807) is 6.07 Å². The van der Waals surface area contributed by atoms with Crippen LogP contribution in [-0.2, 0) is 16.6 Å². The van der Waals surface area contributed by atoms with Crippen molar-refractivity contribution < 1.29 is 13.2 Å². The molecule has 0 spiro atoms. The van der Waals surface area contributed by atoms with Gasteiger partial charge in [0.1, 0.15) is 12.4 Å². The largest absolute Gasteiger partial charge is 0.492 e. The van der Waals surface area contributed by atoms with Crippen LogP contribution in [0.2, 0.25) is 0 Å². The summed E-state index contributed by atoms with van der Waals surface area (Å²) < 4.78 is 33.6. The fraction of sp³-hybridized carbons (Fsp3) is 0.286. The van der Waals surface area contributed by atoms with E-state index in [0.717, 1.165) is 20.0 Å². The van der Waals surface area contributed by atoms with Crippen molar-refractivity contribution in [1.82, 2.24) is 4.31 Å². The normalized spacial score (nSPS) is 16.1. The van der Waals surface area contributed by atoms with E-state index in [1.807, 2.05) is 31.2 Å². The number of para-hydroxylation sites is 1. The highest BCUT2D eigenvalue weighted by atomic mass is 79.9. The maximum Gasteiger partial charge on any atom is 0.244 e. The van der Waals surface area contributed by atoms with E-state index in [9.17, 15) is 8.42 Å². The SMILES string of the molecule is Cc1sc(Br)cc1S(=O)(=O)N1CCOc2ccccc2C1. The lowest BCUT2D eigenvalue weighted by Crippen LogP contribution is -2.32. The van der Waals surface area contributed by atoms with Gasteiger partial charge in [0.25, 0.3) is 0 Å². The number of nitrogens with zero attached hydrogens (tertiary/aromatic N) is 1. The molecule has 1 aromatic heterocycles. The third kappa shape index (κ3) is 2.88.